The molecule has 2 atom stereocenters. The molecule has 2 rings (SSSR count). The molecule has 23 heavy (non-hydrogen) atoms. The summed E-state index contributed by atoms with van der Waals surface area (Å²) in [6.45, 7) is 4.15. The summed E-state index contributed by atoms with van der Waals surface area (Å²) in [6, 6.07) is 7.96. The average Bonchev–Trinajstić information content (AvgIpc) is 2.53. The first-order chi connectivity index (χ1) is 11.0. The number of rotatable bonds is 4. The lowest BCUT2D eigenvalue weighted by Crippen LogP contribution is -2.52. The maximum atomic E-state index is 11.8. The Kier molecular flexibility index (Phi) is 6.65. The standard InChI is InChI=1S/C17H25N3O2S/c1-12-6-5-8-14(10-12)22-11-16(21)19-20-17(23)18-15-9-4-3-7-13(15)2/h5-6,8,10,13,15H,3-4,7,9,11H2,1-2H3,(H,19,21)(H2,18,20,23)/t13-,15+/m0/s1. The van der Waals surface area contributed by atoms with Gasteiger partial charge in [0.2, 0.25) is 0 Å². The molecule has 0 spiro atoms. The van der Waals surface area contributed by atoms with Gasteiger partial charge in [-0.05, 0) is 55.6 Å². The van der Waals surface area contributed by atoms with Gasteiger partial charge in [-0.2, -0.15) is 0 Å². The highest BCUT2D eigenvalue weighted by atomic mass is 32.1. The predicted octanol–water partition coefficient (Wildman–Crippen LogP) is 2.45. The van der Waals surface area contributed by atoms with Gasteiger partial charge in [0.15, 0.2) is 11.7 Å². The molecule has 1 fully saturated rings. The molecule has 1 aliphatic carbocycles. The number of nitrogens with one attached hydrogen (secondary N) is 3. The van der Waals surface area contributed by atoms with Gasteiger partial charge >= 0.3 is 0 Å². The molecule has 1 aromatic carbocycles. The number of carbonyl (C=O) groups is 1. The molecule has 0 unspecified atom stereocenters. The largest absolute Gasteiger partial charge is 0.484 e. The summed E-state index contributed by atoms with van der Waals surface area (Å²) in [5.74, 6) is 1.01. The van der Waals surface area contributed by atoms with Crippen LogP contribution in [0.2, 0.25) is 0 Å². The number of thiocarbonyl (C=S) groups is 1. The molecule has 3 N–H and O–H groups in total. The lowest BCUT2D eigenvalue weighted by Gasteiger charge is -2.30. The number of benzene rings is 1. The summed E-state index contributed by atoms with van der Waals surface area (Å²) in [4.78, 5) is 11.8. The fourth-order valence-corrected chi connectivity index (χ4v) is 2.95. The van der Waals surface area contributed by atoms with Gasteiger partial charge in [-0.25, -0.2) is 0 Å². The van der Waals surface area contributed by atoms with Crippen LogP contribution in [0.25, 0.3) is 0 Å². The molecular formula is C17H25N3O2S. The van der Waals surface area contributed by atoms with E-state index in [-0.39, 0.29) is 12.5 Å². The van der Waals surface area contributed by atoms with Gasteiger partial charge in [-0.3, -0.25) is 15.6 Å². The predicted molar refractivity (Wildman–Crippen MR) is 95.1 cm³/mol. The minimum atomic E-state index is -0.271. The van der Waals surface area contributed by atoms with E-state index < -0.39 is 0 Å². The molecule has 6 heteroatoms. The quantitative estimate of drug-likeness (QED) is 0.583. The van der Waals surface area contributed by atoms with Crippen molar-refractivity contribution in [2.75, 3.05) is 6.61 Å². The average molecular weight is 335 g/mol. The van der Waals surface area contributed by atoms with E-state index in [0.29, 0.717) is 22.8 Å². The van der Waals surface area contributed by atoms with E-state index in [1.807, 2.05) is 31.2 Å². The Morgan fingerprint density at radius 1 is 1.30 bits per heavy atom. The van der Waals surface area contributed by atoms with Crippen molar-refractivity contribution in [1.29, 1.82) is 0 Å². The first-order valence-electron chi connectivity index (χ1n) is 8.09. The number of hydrazine groups is 1. The Morgan fingerprint density at radius 2 is 2.09 bits per heavy atom. The number of hydrogen-bond donors (Lipinski definition) is 3. The van der Waals surface area contributed by atoms with E-state index in [2.05, 4.69) is 23.1 Å². The Labute approximate surface area is 143 Å². The molecule has 126 valence electrons. The zero-order valence-electron chi connectivity index (χ0n) is 13.7. The van der Waals surface area contributed by atoms with Crippen LogP contribution in [0, 0.1) is 12.8 Å². The highest BCUT2D eigenvalue weighted by Crippen LogP contribution is 2.23. The van der Waals surface area contributed by atoms with E-state index in [9.17, 15) is 4.79 Å². The van der Waals surface area contributed by atoms with Gasteiger partial charge in [0.25, 0.3) is 5.91 Å². The zero-order valence-corrected chi connectivity index (χ0v) is 14.5. The van der Waals surface area contributed by atoms with Crippen molar-refractivity contribution in [1.82, 2.24) is 16.2 Å². The zero-order chi connectivity index (χ0) is 16.7. The van der Waals surface area contributed by atoms with Gasteiger partial charge in [0.05, 0.1) is 0 Å². The SMILES string of the molecule is Cc1cccc(OCC(=O)NNC(=S)N[C@@H]2CCCC[C@@H]2C)c1. The molecule has 0 saturated heterocycles. The number of aryl methyl sites for hydroxylation is 1. The molecule has 1 aliphatic rings. The van der Waals surface area contributed by atoms with Crippen molar-refractivity contribution < 1.29 is 9.53 Å². The molecule has 0 radical (unpaired) electrons. The topological polar surface area (TPSA) is 62.4 Å². The first kappa shape index (κ1) is 17.5. The second-order valence-electron chi connectivity index (χ2n) is 6.12. The maximum Gasteiger partial charge on any atom is 0.276 e. The van der Waals surface area contributed by atoms with E-state index in [0.717, 1.165) is 12.0 Å². The molecule has 1 amide bonds. The third-order valence-corrected chi connectivity index (χ3v) is 4.32. The fourth-order valence-electron chi connectivity index (χ4n) is 2.75. The van der Waals surface area contributed by atoms with Crippen LogP contribution in [0.15, 0.2) is 24.3 Å². The number of ether oxygens (including phenoxy) is 1. The van der Waals surface area contributed by atoms with Gasteiger partial charge in [-0.1, -0.05) is 31.9 Å². The molecule has 5 nitrogen and oxygen atoms in total. The van der Waals surface area contributed by atoms with Crippen LogP contribution >= 0.6 is 12.2 Å². The Hall–Kier alpha value is -1.82. The van der Waals surface area contributed by atoms with Crippen molar-refractivity contribution in [3.63, 3.8) is 0 Å². The lowest BCUT2D eigenvalue weighted by atomic mass is 9.86. The third-order valence-electron chi connectivity index (χ3n) is 4.10. The van der Waals surface area contributed by atoms with Crippen LogP contribution in [0.3, 0.4) is 0 Å². The Morgan fingerprint density at radius 3 is 2.83 bits per heavy atom. The summed E-state index contributed by atoms with van der Waals surface area (Å²) in [7, 11) is 0. The van der Waals surface area contributed by atoms with Gasteiger partial charge in [-0.15, -0.1) is 0 Å². The summed E-state index contributed by atoms with van der Waals surface area (Å²) in [5.41, 5.74) is 6.38. The Bertz CT molecular complexity index is 550. The number of amides is 1. The summed E-state index contributed by atoms with van der Waals surface area (Å²) < 4.78 is 5.43. The molecule has 1 aromatic rings. The smallest absolute Gasteiger partial charge is 0.276 e. The maximum absolute atomic E-state index is 11.8. The highest BCUT2D eigenvalue weighted by Gasteiger charge is 2.21. The normalized spacial score (nSPS) is 20.4. The third kappa shape index (κ3) is 6.06. The molecule has 0 aromatic heterocycles. The number of hydrogen-bond acceptors (Lipinski definition) is 3. The van der Waals surface area contributed by atoms with Crippen LogP contribution in [-0.4, -0.2) is 23.7 Å². The van der Waals surface area contributed by atoms with Gasteiger partial charge < -0.3 is 10.1 Å². The minimum Gasteiger partial charge on any atom is -0.484 e. The van der Waals surface area contributed by atoms with Crippen LogP contribution in [0.1, 0.15) is 38.2 Å². The molecule has 0 aliphatic heterocycles. The van der Waals surface area contributed by atoms with E-state index in [4.69, 9.17) is 17.0 Å². The molecule has 1 saturated carbocycles. The molecular weight excluding hydrogens is 310 g/mol. The van der Waals surface area contributed by atoms with Crippen LogP contribution in [0.4, 0.5) is 0 Å². The summed E-state index contributed by atoms with van der Waals surface area (Å²) >= 11 is 5.22. The van der Waals surface area contributed by atoms with Crippen molar-refractivity contribution >= 4 is 23.2 Å². The summed E-state index contributed by atoms with van der Waals surface area (Å²) in [5, 5.41) is 3.72. The van der Waals surface area contributed by atoms with E-state index in [1.165, 1.54) is 19.3 Å². The summed E-state index contributed by atoms with van der Waals surface area (Å²) in [6.07, 6.45) is 4.85. The van der Waals surface area contributed by atoms with Gasteiger partial charge in [0.1, 0.15) is 5.75 Å². The number of carbonyl (C=O) groups excluding carboxylic acids is 1. The highest BCUT2D eigenvalue weighted by molar-refractivity contribution is 7.80. The monoisotopic (exact) mass is 335 g/mol. The van der Waals surface area contributed by atoms with Crippen LogP contribution < -0.4 is 20.9 Å². The van der Waals surface area contributed by atoms with Crippen molar-refractivity contribution in [2.24, 2.45) is 5.92 Å². The second kappa shape index (κ2) is 8.72. The van der Waals surface area contributed by atoms with E-state index in [1.54, 1.807) is 0 Å². The van der Waals surface area contributed by atoms with Crippen molar-refractivity contribution in [3.05, 3.63) is 29.8 Å². The molecule has 0 bridgehead atoms. The Balaban J connectivity index is 1.66. The molecule has 0 heterocycles. The minimum absolute atomic E-state index is 0.0566. The second-order valence-corrected chi connectivity index (χ2v) is 6.53. The van der Waals surface area contributed by atoms with Crippen LogP contribution in [0.5, 0.6) is 5.75 Å². The lowest BCUT2D eigenvalue weighted by molar-refractivity contribution is -0.123. The first-order valence-corrected chi connectivity index (χ1v) is 8.50. The van der Waals surface area contributed by atoms with E-state index >= 15 is 0 Å². The van der Waals surface area contributed by atoms with Crippen molar-refractivity contribution in [3.8, 4) is 5.75 Å². The van der Waals surface area contributed by atoms with Crippen LogP contribution in [-0.2, 0) is 4.79 Å². The fraction of sp³-hybridized carbons (Fsp3) is 0.529. The van der Waals surface area contributed by atoms with Gasteiger partial charge in [0, 0.05) is 6.04 Å². The van der Waals surface area contributed by atoms with Crippen molar-refractivity contribution in [2.45, 2.75) is 45.6 Å².